The summed E-state index contributed by atoms with van der Waals surface area (Å²) in [4.78, 5) is 27.6. The number of aliphatic hydroxyl groups is 1. The zero-order valence-electron chi connectivity index (χ0n) is 17.7. The summed E-state index contributed by atoms with van der Waals surface area (Å²) >= 11 is 0. The standard InChI is InChI=1S/C25H26FNO4/c1-3-31-20-13-12-16(14-15(20)2)23(28)21-22(18-10-6-7-11-19(18)26)27(25(30)24(21)29)17-8-4-5-9-17/h6-7,10-14,17,22,28H,3-5,8-9H2,1-2H3/b23-21+. The van der Waals surface area contributed by atoms with Crippen LogP contribution in [-0.2, 0) is 9.59 Å². The van der Waals surface area contributed by atoms with Gasteiger partial charge in [-0.1, -0.05) is 31.0 Å². The molecule has 0 radical (unpaired) electrons. The van der Waals surface area contributed by atoms with Crippen molar-refractivity contribution in [3.8, 4) is 5.75 Å². The third-order valence-electron chi connectivity index (χ3n) is 6.15. The summed E-state index contributed by atoms with van der Waals surface area (Å²) in [5.41, 5.74) is 1.34. The number of carbonyl (C=O) groups is 2. The Labute approximate surface area is 181 Å². The number of amides is 1. The number of hydrogen-bond donors (Lipinski definition) is 1. The van der Waals surface area contributed by atoms with Crippen molar-refractivity contribution in [2.24, 2.45) is 0 Å². The normalized spacial score (nSPS) is 21.1. The van der Waals surface area contributed by atoms with Crippen molar-refractivity contribution >= 4 is 17.4 Å². The molecule has 0 aromatic heterocycles. The first-order valence-corrected chi connectivity index (χ1v) is 10.7. The van der Waals surface area contributed by atoms with Gasteiger partial charge >= 0.3 is 0 Å². The minimum absolute atomic E-state index is 0.0643. The molecule has 2 aromatic carbocycles. The molecule has 162 valence electrons. The Morgan fingerprint density at radius 3 is 2.52 bits per heavy atom. The van der Waals surface area contributed by atoms with Crippen molar-refractivity contribution in [2.75, 3.05) is 6.61 Å². The van der Waals surface area contributed by atoms with Crippen LogP contribution in [0.4, 0.5) is 4.39 Å². The lowest BCUT2D eigenvalue weighted by Gasteiger charge is -2.31. The highest BCUT2D eigenvalue weighted by Crippen LogP contribution is 2.44. The van der Waals surface area contributed by atoms with Crippen LogP contribution in [0.15, 0.2) is 48.0 Å². The fraction of sp³-hybridized carbons (Fsp3) is 0.360. The van der Waals surface area contributed by atoms with Crippen LogP contribution < -0.4 is 4.74 Å². The number of carbonyl (C=O) groups excluding carboxylic acids is 2. The number of Topliss-reactive ketones (excluding diaryl/α,β-unsaturated/α-hetero) is 1. The van der Waals surface area contributed by atoms with Gasteiger partial charge in [0, 0.05) is 17.2 Å². The number of rotatable bonds is 5. The molecular weight excluding hydrogens is 397 g/mol. The van der Waals surface area contributed by atoms with Gasteiger partial charge in [0.25, 0.3) is 11.7 Å². The number of benzene rings is 2. The van der Waals surface area contributed by atoms with Gasteiger partial charge in [-0.2, -0.15) is 0 Å². The third-order valence-corrected chi connectivity index (χ3v) is 6.15. The van der Waals surface area contributed by atoms with Gasteiger partial charge in [-0.15, -0.1) is 0 Å². The molecule has 4 rings (SSSR count). The van der Waals surface area contributed by atoms with Crippen LogP contribution in [0.25, 0.3) is 5.76 Å². The molecule has 1 aliphatic heterocycles. The van der Waals surface area contributed by atoms with Gasteiger partial charge in [-0.25, -0.2) is 4.39 Å². The van der Waals surface area contributed by atoms with E-state index in [0.717, 1.165) is 31.2 Å². The third kappa shape index (κ3) is 3.71. The number of aliphatic hydroxyl groups excluding tert-OH is 1. The highest BCUT2D eigenvalue weighted by atomic mass is 19.1. The molecule has 2 aromatic rings. The van der Waals surface area contributed by atoms with E-state index in [-0.39, 0.29) is 22.9 Å². The van der Waals surface area contributed by atoms with Crippen LogP contribution in [-0.4, -0.2) is 34.3 Å². The van der Waals surface area contributed by atoms with Gasteiger partial charge in [-0.05, 0) is 56.5 Å². The van der Waals surface area contributed by atoms with E-state index in [1.54, 1.807) is 36.4 Å². The molecule has 1 heterocycles. The second-order valence-corrected chi connectivity index (χ2v) is 8.08. The lowest BCUT2D eigenvalue weighted by molar-refractivity contribution is -0.141. The van der Waals surface area contributed by atoms with Crippen LogP contribution >= 0.6 is 0 Å². The first kappa shape index (κ1) is 21.1. The van der Waals surface area contributed by atoms with E-state index in [9.17, 15) is 19.1 Å². The lowest BCUT2D eigenvalue weighted by atomic mass is 9.94. The molecule has 0 bridgehead atoms. The van der Waals surface area contributed by atoms with Crippen LogP contribution in [0.5, 0.6) is 5.75 Å². The van der Waals surface area contributed by atoms with Gasteiger partial charge in [-0.3, -0.25) is 9.59 Å². The second-order valence-electron chi connectivity index (χ2n) is 8.08. The highest BCUT2D eigenvalue weighted by Gasteiger charge is 2.49. The monoisotopic (exact) mass is 423 g/mol. The molecule has 2 fully saturated rings. The Kier molecular flexibility index (Phi) is 5.81. The predicted octanol–water partition coefficient (Wildman–Crippen LogP) is 4.90. The largest absolute Gasteiger partial charge is 0.507 e. The van der Waals surface area contributed by atoms with Crippen molar-refractivity contribution in [3.63, 3.8) is 0 Å². The molecule has 1 saturated heterocycles. The summed E-state index contributed by atoms with van der Waals surface area (Å²) in [5.74, 6) is -1.57. The molecule has 6 heteroatoms. The van der Waals surface area contributed by atoms with E-state index in [1.807, 2.05) is 13.8 Å². The maximum atomic E-state index is 14.8. The van der Waals surface area contributed by atoms with Crippen LogP contribution in [0.1, 0.15) is 55.3 Å². The minimum Gasteiger partial charge on any atom is -0.507 e. The van der Waals surface area contributed by atoms with Crippen molar-refractivity contribution in [2.45, 2.75) is 51.6 Å². The molecule has 1 unspecified atom stereocenters. The van der Waals surface area contributed by atoms with Gasteiger partial charge < -0.3 is 14.7 Å². The Balaban J connectivity index is 1.87. The van der Waals surface area contributed by atoms with Crippen LogP contribution in [0.3, 0.4) is 0 Å². The average Bonchev–Trinajstić information content (AvgIpc) is 3.37. The Morgan fingerprint density at radius 1 is 1.16 bits per heavy atom. The molecule has 1 amide bonds. The van der Waals surface area contributed by atoms with Gasteiger partial charge in [0.05, 0.1) is 18.2 Å². The number of ketones is 1. The van der Waals surface area contributed by atoms with Crippen LogP contribution in [0.2, 0.25) is 0 Å². The summed E-state index contributed by atoms with van der Waals surface area (Å²) in [5, 5.41) is 11.2. The van der Waals surface area contributed by atoms with Crippen molar-refractivity contribution in [1.29, 1.82) is 0 Å². The van der Waals surface area contributed by atoms with E-state index in [1.165, 1.54) is 11.0 Å². The Hall–Kier alpha value is -3.15. The second kappa shape index (κ2) is 8.53. The molecule has 1 N–H and O–H groups in total. The SMILES string of the molecule is CCOc1ccc(/C(O)=C2\C(=O)C(=O)N(C3CCCC3)C2c2ccccc2F)cc1C. The van der Waals surface area contributed by atoms with Crippen molar-refractivity contribution < 1.29 is 23.8 Å². The van der Waals surface area contributed by atoms with Crippen LogP contribution in [0, 0.1) is 12.7 Å². The van der Waals surface area contributed by atoms with E-state index in [4.69, 9.17) is 4.74 Å². The molecule has 31 heavy (non-hydrogen) atoms. The van der Waals surface area contributed by atoms with Crippen molar-refractivity contribution in [3.05, 3.63) is 70.5 Å². The molecule has 2 aliphatic rings. The number of halogens is 1. The smallest absolute Gasteiger partial charge is 0.295 e. The highest BCUT2D eigenvalue weighted by molar-refractivity contribution is 6.46. The molecule has 0 spiro atoms. The maximum absolute atomic E-state index is 14.8. The number of likely N-dealkylation sites (tertiary alicyclic amines) is 1. The zero-order chi connectivity index (χ0) is 22.1. The Morgan fingerprint density at radius 2 is 1.87 bits per heavy atom. The Bertz CT molecular complexity index is 1060. The molecule has 1 aliphatic carbocycles. The maximum Gasteiger partial charge on any atom is 0.295 e. The van der Waals surface area contributed by atoms with E-state index in [0.29, 0.717) is 17.9 Å². The number of aryl methyl sites for hydroxylation is 1. The average molecular weight is 423 g/mol. The summed E-state index contributed by atoms with van der Waals surface area (Å²) in [6.07, 6.45) is 3.44. The number of ether oxygens (including phenoxy) is 1. The van der Waals surface area contributed by atoms with Crippen molar-refractivity contribution in [1.82, 2.24) is 4.90 Å². The van der Waals surface area contributed by atoms with E-state index < -0.39 is 23.5 Å². The topological polar surface area (TPSA) is 66.8 Å². The molecule has 1 atom stereocenters. The minimum atomic E-state index is -0.948. The quantitative estimate of drug-likeness (QED) is 0.422. The molecule has 1 saturated carbocycles. The van der Waals surface area contributed by atoms with Gasteiger partial charge in [0.15, 0.2) is 0 Å². The lowest BCUT2D eigenvalue weighted by Crippen LogP contribution is -2.38. The fourth-order valence-corrected chi connectivity index (χ4v) is 4.68. The van der Waals surface area contributed by atoms with E-state index in [2.05, 4.69) is 0 Å². The van der Waals surface area contributed by atoms with Gasteiger partial charge in [0.2, 0.25) is 0 Å². The fourth-order valence-electron chi connectivity index (χ4n) is 4.68. The molecule has 5 nitrogen and oxygen atoms in total. The summed E-state index contributed by atoms with van der Waals surface area (Å²) < 4.78 is 20.4. The first-order chi connectivity index (χ1) is 14.9. The van der Waals surface area contributed by atoms with Gasteiger partial charge in [0.1, 0.15) is 17.3 Å². The number of nitrogens with zero attached hydrogens (tertiary/aromatic N) is 1. The zero-order valence-corrected chi connectivity index (χ0v) is 17.7. The molecular formula is C25H26FNO4. The number of hydrogen-bond acceptors (Lipinski definition) is 4. The summed E-state index contributed by atoms with van der Waals surface area (Å²) in [6, 6.07) is 10.1. The summed E-state index contributed by atoms with van der Waals surface area (Å²) in [7, 11) is 0. The van der Waals surface area contributed by atoms with E-state index >= 15 is 0 Å². The summed E-state index contributed by atoms with van der Waals surface area (Å²) in [6.45, 7) is 4.23. The predicted molar refractivity (Wildman–Crippen MR) is 115 cm³/mol. The first-order valence-electron chi connectivity index (χ1n) is 10.7.